The van der Waals surface area contributed by atoms with Crippen LogP contribution in [0.1, 0.15) is 38.7 Å². The molecule has 0 radical (unpaired) electrons. The average molecular weight is 499 g/mol. The Labute approximate surface area is 205 Å². The van der Waals surface area contributed by atoms with Crippen LogP contribution in [0.5, 0.6) is 11.6 Å². The number of nitrogens with zero attached hydrogens (tertiary/aromatic N) is 3. The molecule has 0 bridgehead atoms. The van der Waals surface area contributed by atoms with Crippen LogP contribution < -0.4 is 9.46 Å². The highest BCUT2D eigenvalue weighted by atomic mass is 32.2. The van der Waals surface area contributed by atoms with Crippen molar-refractivity contribution in [2.24, 2.45) is 0 Å². The Kier molecular flexibility index (Phi) is 7.63. The second-order valence-corrected chi connectivity index (χ2v) is 10.4. The van der Waals surface area contributed by atoms with Gasteiger partial charge in [-0.2, -0.15) is 17.4 Å². The Morgan fingerprint density at radius 1 is 1.11 bits per heavy atom. The van der Waals surface area contributed by atoms with E-state index in [0.29, 0.717) is 11.6 Å². The molecule has 0 aliphatic carbocycles. The van der Waals surface area contributed by atoms with E-state index in [1.54, 1.807) is 42.9 Å². The van der Waals surface area contributed by atoms with Crippen molar-refractivity contribution in [2.75, 3.05) is 7.11 Å². The first kappa shape index (κ1) is 25.0. The molecule has 0 spiro atoms. The normalized spacial score (nSPS) is 19.9. The number of carbonyl (C=O) groups excluding carboxylic acids is 1. The molecule has 1 aliphatic heterocycles. The smallest absolute Gasteiger partial charge is 0.324 e. The van der Waals surface area contributed by atoms with Gasteiger partial charge >= 0.3 is 5.97 Å². The van der Waals surface area contributed by atoms with Crippen molar-refractivity contribution in [2.45, 2.75) is 57.7 Å². The molecule has 1 aliphatic rings. The molecular formula is C25H30N4O5S. The second-order valence-electron chi connectivity index (χ2n) is 8.82. The molecule has 1 aromatic carbocycles. The highest BCUT2D eigenvalue weighted by molar-refractivity contribution is 7.87. The van der Waals surface area contributed by atoms with Crippen LogP contribution in [0.4, 0.5) is 0 Å². The quantitative estimate of drug-likeness (QED) is 0.473. The fraction of sp³-hybridized carbons (Fsp3) is 0.400. The molecule has 10 heteroatoms. The molecule has 3 unspecified atom stereocenters. The minimum absolute atomic E-state index is 0.135. The number of rotatable bonds is 8. The van der Waals surface area contributed by atoms with Gasteiger partial charge in [-0.15, -0.1) is 0 Å². The van der Waals surface area contributed by atoms with Crippen molar-refractivity contribution >= 4 is 27.0 Å². The monoisotopic (exact) mass is 498 g/mol. The molecule has 0 amide bonds. The molecule has 1 fully saturated rings. The molecule has 1 N–H and O–H groups in total. The first-order chi connectivity index (χ1) is 16.8. The maximum Gasteiger partial charge on any atom is 0.324 e. The SMILES string of the molecule is COC(=O)C(Cc1ccc(Oc2nccc3cnccc23)cc1)NS(=O)(=O)N1C(C)CCCC1C. The van der Waals surface area contributed by atoms with E-state index in [4.69, 9.17) is 9.47 Å². The Hall–Kier alpha value is -3.08. The first-order valence-corrected chi connectivity index (χ1v) is 13.1. The number of pyridine rings is 2. The molecule has 3 aromatic rings. The number of methoxy groups -OCH3 is 1. The van der Waals surface area contributed by atoms with E-state index in [1.807, 2.05) is 26.0 Å². The van der Waals surface area contributed by atoms with E-state index in [2.05, 4.69) is 14.7 Å². The standard InChI is InChI=1S/C25H30N4O5S/c1-17-5-4-6-18(2)29(17)35(31,32)28-23(25(30)33-3)15-19-7-9-21(10-8-19)34-24-22-12-13-26-16-20(22)11-14-27-24/h7-14,16-18,23,28H,4-6,15H2,1-3H3. The third-order valence-corrected chi connectivity index (χ3v) is 8.13. The van der Waals surface area contributed by atoms with Crippen LogP contribution in [-0.2, 0) is 26.2 Å². The van der Waals surface area contributed by atoms with Gasteiger partial charge in [0.25, 0.3) is 10.2 Å². The molecule has 186 valence electrons. The Balaban J connectivity index is 1.49. The van der Waals surface area contributed by atoms with Crippen LogP contribution in [0, 0.1) is 0 Å². The largest absolute Gasteiger partial charge is 0.468 e. The lowest BCUT2D eigenvalue weighted by molar-refractivity contribution is -0.142. The summed E-state index contributed by atoms with van der Waals surface area (Å²) in [5.74, 6) is 0.388. The number of fused-ring (bicyclic) bond motifs is 1. The highest BCUT2D eigenvalue weighted by Gasteiger charge is 2.37. The van der Waals surface area contributed by atoms with Gasteiger partial charge < -0.3 is 9.47 Å². The summed E-state index contributed by atoms with van der Waals surface area (Å²) in [5.41, 5.74) is 0.755. The van der Waals surface area contributed by atoms with Crippen molar-refractivity contribution in [3.05, 3.63) is 60.6 Å². The lowest BCUT2D eigenvalue weighted by Crippen LogP contribution is -2.56. The van der Waals surface area contributed by atoms with E-state index in [1.165, 1.54) is 11.4 Å². The number of piperidine rings is 1. The van der Waals surface area contributed by atoms with Gasteiger partial charge in [0, 0.05) is 41.4 Å². The summed E-state index contributed by atoms with van der Waals surface area (Å²) in [7, 11) is -2.63. The zero-order valence-electron chi connectivity index (χ0n) is 20.0. The predicted molar refractivity (Wildman–Crippen MR) is 132 cm³/mol. The van der Waals surface area contributed by atoms with Crippen molar-refractivity contribution in [1.82, 2.24) is 19.0 Å². The van der Waals surface area contributed by atoms with E-state index < -0.39 is 22.2 Å². The lowest BCUT2D eigenvalue weighted by Gasteiger charge is -2.38. The summed E-state index contributed by atoms with van der Waals surface area (Å²) >= 11 is 0. The number of ether oxygens (including phenoxy) is 2. The number of nitrogens with one attached hydrogen (secondary N) is 1. The Morgan fingerprint density at radius 3 is 2.51 bits per heavy atom. The van der Waals surface area contributed by atoms with E-state index >= 15 is 0 Å². The maximum absolute atomic E-state index is 13.2. The molecule has 0 saturated carbocycles. The highest BCUT2D eigenvalue weighted by Crippen LogP contribution is 2.28. The number of carbonyl (C=O) groups is 1. The predicted octanol–water partition coefficient (Wildman–Crippen LogP) is 3.60. The third-order valence-electron chi connectivity index (χ3n) is 6.27. The van der Waals surface area contributed by atoms with E-state index in [0.717, 1.165) is 35.6 Å². The van der Waals surface area contributed by atoms with Gasteiger partial charge in [-0.05, 0) is 62.9 Å². The van der Waals surface area contributed by atoms with E-state index in [9.17, 15) is 13.2 Å². The van der Waals surface area contributed by atoms with Gasteiger partial charge in [0.15, 0.2) is 0 Å². The number of aromatic nitrogens is 2. The minimum Gasteiger partial charge on any atom is -0.468 e. The summed E-state index contributed by atoms with van der Waals surface area (Å²) in [6.07, 6.45) is 7.78. The summed E-state index contributed by atoms with van der Waals surface area (Å²) < 4.78 is 41.2. The van der Waals surface area contributed by atoms with Gasteiger partial charge in [0.2, 0.25) is 5.88 Å². The summed E-state index contributed by atoms with van der Waals surface area (Å²) in [5, 5.41) is 1.76. The Bertz CT molecular complexity index is 1270. The van der Waals surface area contributed by atoms with Crippen molar-refractivity contribution < 1.29 is 22.7 Å². The number of esters is 1. The molecule has 4 rings (SSSR count). The van der Waals surface area contributed by atoms with Crippen molar-refractivity contribution in [3.8, 4) is 11.6 Å². The lowest BCUT2D eigenvalue weighted by atomic mass is 10.0. The van der Waals surface area contributed by atoms with Crippen molar-refractivity contribution in [3.63, 3.8) is 0 Å². The van der Waals surface area contributed by atoms with E-state index in [-0.39, 0.29) is 18.5 Å². The third kappa shape index (κ3) is 5.77. The van der Waals surface area contributed by atoms with Crippen LogP contribution in [0.3, 0.4) is 0 Å². The Morgan fingerprint density at radius 2 is 1.83 bits per heavy atom. The number of benzene rings is 1. The minimum atomic E-state index is -3.88. The van der Waals surface area contributed by atoms with Crippen LogP contribution in [-0.4, -0.2) is 53.9 Å². The molecule has 2 aromatic heterocycles. The molecule has 9 nitrogen and oxygen atoms in total. The molecule has 3 heterocycles. The zero-order valence-corrected chi connectivity index (χ0v) is 20.9. The van der Waals surface area contributed by atoms with Crippen LogP contribution in [0.15, 0.2) is 55.0 Å². The molecule has 3 atom stereocenters. The summed E-state index contributed by atoms with van der Waals surface area (Å²) in [6, 6.07) is 9.47. The summed E-state index contributed by atoms with van der Waals surface area (Å²) in [4.78, 5) is 20.9. The fourth-order valence-electron chi connectivity index (χ4n) is 4.54. The van der Waals surface area contributed by atoms with Gasteiger partial charge in [-0.25, -0.2) is 4.98 Å². The van der Waals surface area contributed by atoms with Gasteiger partial charge in [-0.3, -0.25) is 9.78 Å². The van der Waals surface area contributed by atoms with Crippen LogP contribution >= 0.6 is 0 Å². The molecule has 1 saturated heterocycles. The molecular weight excluding hydrogens is 468 g/mol. The number of hydrogen-bond acceptors (Lipinski definition) is 7. The molecule has 35 heavy (non-hydrogen) atoms. The average Bonchev–Trinajstić information content (AvgIpc) is 2.84. The van der Waals surface area contributed by atoms with Gasteiger partial charge in [-0.1, -0.05) is 18.6 Å². The first-order valence-electron chi connectivity index (χ1n) is 11.6. The van der Waals surface area contributed by atoms with Crippen LogP contribution in [0.25, 0.3) is 10.8 Å². The maximum atomic E-state index is 13.2. The van der Waals surface area contributed by atoms with Gasteiger partial charge in [0.05, 0.1) is 7.11 Å². The fourth-order valence-corrected chi connectivity index (χ4v) is 6.36. The van der Waals surface area contributed by atoms with Crippen LogP contribution in [0.2, 0.25) is 0 Å². The van der Waals surface area contributed by atoms with Gasteiger partial charge in [0.1, 0.15) is 11.8 Å². The van der Waals surface area contributed by atoms with Crippen molar-refractivity contribution in [1.29, 1.82) is 0 Å². The zero-order chi connectivity index (χ0) is 25.0. The summed E-state index contributed by atoms with van der Waals surface area (Å²) in [6.45, 7) is 3.78. The topological polar surface area (TPSA) is 111 Å². The second kappa shape index (κ2) is 10.7. The number of hydrogen-bond donors (Lipinski definition) is 1.